The topological polar surface area (TPSA) is 46.5 Å². The van der Waals surface area contributed by atoms with Crippen molar-refractivity contribution in [3.05, 3.63) is 35.4 Å². The zero-order valence-corrected chi connectivity index (χ0v) is 8.90. The minimum absolute atomic E-state index is 0.328. The zero-order chi connectivity index (χ0) is 11.1. The van der Waals surface area contributed by atoms with Crippen LogP contribution >= 0.6 is 0 Å². The van der Waals surface area contributed by atoms with Crippen LogP contribution in [-0.4, -0.2) is 17.7 Å². The second-order valence-corrected chi connectivity index (χ2v) is 3.37. The number of ether oxygens (including phenoxy) is 1. The molecule has 0 saturated heterocycles. The van der Waals surface area contributed by atoms with Gasteiger partial charge in [-0.05, 0) is 18.1 Å². The highest BCUT2D eigenvalue weighted by atomic mass is 16.5. The third-order valence-corrected chi connectivity index (χ3v) is 2.15. The highest BCUT2D eigenvalue weighted by molar-refractivity contribution is 5.89. The lowest BCUT2D eigenvalue weighted by molar-refractivity contribution is 0.0687. The van der Waals surface area contributed by atoms with Crippen molar-refractivity contribution < 1.29 is 14.6 Å². The summed E-state index contributed by atoms with van der Waals surface area (Å²) in [4.78, 5) is 10.9. The maximum atomic E-state index is 10.9. The Morgan fingerprint density at radius 2 is 2.13 bits per heavy atom. The Labute approximate surface area is 89.7 Å². The molecule has 0 aliphatic heterocycles. The van der Waals surface area contributed by atoms with Gasteiger partial charge in [0.1, 0.15) is 0 Å². The van der Waals surface area contributed by atoms with E-state index in [1.165, 1.54) is 0 Å². The van der Waals surface area contributed by atoms with Gasteiger partial charge in [-0.1, -0.05) is 31.5 Å². The van der Waals surface area contributed by atoms with Gasteiger partial charge in [0.2, 0.25) is 0 Å². The summed E-state index contributed by atoms with van der Waals surface area (Å²) in [5.74, 6) is -0.898. The Bertz CT molecular complexity index is 320. The largest absolute Gasteiger partial charge is 0.478 e. The normalized spacial score (nSPS) is 10.2. The smallest absolute Gasteiger partial charge is 0.336 e. The summed E-state index contributed by atoms with van der Waals surface area (Å²) in [6.07, 6.45) is 2.09. The van der Waals surface area contributed by atoms with E-state index in [0.29, 0.717) is 18.8 Å². The van der Waals surface area contributed by atoms with Gasteiger partial charge in [-0.15, -0.1) is 0 Å². The van der Waals surface area contributed by atoms with Crippen molar-refractivity contribution in [3.63, 3.8) is 0 Å². The maximum absolute atomic E-state index is 10.9. The minimum atomic E-state index is -0.898. The van der Waals surface area contributed by atoms with Gasteiger partial charge in [0.05, 0.1) is 12.2 Å². The van der Waals surface area contributed by atoms with E-state index in [1.54, 1.807) is 18.2 Å². The molecule has 1 aromatic rings. The van der Waals surface area contributed by atoms with Gasteiger partial charge in [0.25, 0.3) is 0 Å². The summed E-state index contributed by atoms with van der Waals surface area (Å²) >= 11 is 0. The molecule has 0 atom stereocenters. The van der Waals surface area contributed by atoms with Gasteiger partial charge in [0.15, 0.2) is 0 Å². The van der Waals surface area contributed by atoms with Crippen LogP contribution in [0, 0.1) is 0 Å². The molecule has 0 aliphatic carbocycles. The Balaban J connectivity index is 2.56. The molecule has 0 aromatic heterocycles. The molecule has 0 aliphatic rings. The molecule has 0 radical (unpaired) electrons. The Hall–Kier alpha value is -1.35. The van der Waals surface area contributed by atoms with Crippen LogP contribution in [0.25, 0.3) is 0 Å². The predicted octanol–water partition coefficient (Wildman–Crippen LogP) is 2.70. The van der Waals surface area contributed by atoms with Gasteiger partial charge in [-0.25, -0.2) is 4.79 Å². The second-order valence-electron chi connectivity index (χ2n) is 3.37. The summed E-state index contributed by atoms with van der Waals surface area (Å²) in [6.45, 7) is 3.15. The minimum Gasteiger partial charge on any atom is -0.478 e. The first kappa shape index (κ1) is 11.7. The lowest BCUT2D eigenvalue weighted by Crippen LogP contribution is -2.04. The van der Waals surface area contributed by atoms with Crippen LogP contribution in [0.5, 0.6) is 0 Å². The fraction of sp³-hybridized carbons (Fsp3) is 0.417. The van der Waals surface area contributed by atoms with Crippen molar-refractivity contribution in [1.82, 2.24) is 0 Å². The molecule has 0 saturated carbocycles. The maximum Gasteiger partial charge on any atom is 0.336 e. The average Bonchev–Trinajstić information content (AvgIpc) is 2.25. The summed E-state index contributed by atoms with van der Waals surface area (Å²) in [5, 5.41) is 8.91. The van der Waals surface area contributed by atoms with E-state index < -0.39 is 5.97 Å². The van der Waals surface area contributed by atoms with Crippen molar-refractivity contribution >= 4 is 5.97 Å². The Morgan fingerprint density at radius 1 is 1.40 bits per heavy atom. The van der Waals surface area contributed by atoms with Crippen LogP contribution in [0.1, 0.15) is 35.7 Å². The monoisotopic (exact) mass is 208 g/mol. The van der Waals surface area contributed by atoms with Crippen molar-refractivity contribution in [2.45, 2.75) is 26.4 Å². The number of rotatable bonds is 6. The summed E-state index contributed by atoms with van der Waals surface area (Å²) in [7, 11) is 0. The van der Waals surface area contributed by atoms with Crippen LogP contribution in [0.4, 0.5) is 0 Å². The number of hydrogen-bond acceptors (Lipinski definition) is 2. The molecule has 15 heavy (non-hydrogen) atoms. The molecule has 3 nitrogen and oxygen atoms in total. The number of aromatic carboxylic acids is 1. The first-order chi connectivity index (χ1) is 7.25. The number of carboxylic acid groups (broad SMARTS) is 1. The molecule has 1 aromatic carbocycles. The number of unbranched alkanes of at least 4 members (excludes halogenated alkanes) is 1. The standard InChI is InChI=1S/C12H16O3/c1-2-3-8-15-9-10-6-4-5-7-11(10)12(13)14/h4-7H,2-3,8-9H2,1H3,(H,13,14). The van der Waals surface area contributed by atoms with E-state index >= 15 is 0 Å². The summed E-state index contributed by atoms with van der Waals surface area (Å²) in [6, 6.07) is 6.93. The lowest BCUT2D eigenvalue weighted by atomic mass is 10.1. The van der Waals surface area contributed by atoms with Gasteiger partial charge < -0.3 is 9.84 Å². The SMILES string of the molecule is CCCCOCc1ccccc1C(=O)O. The highest BCUT2D eigenvalue weighted by Gasteiger charge is 2.08. The molecular weight excluding hydrogens is 192 g/mol. The fourth-order valence-corrected chi connectivity index (χ4v) is 1.28. The van der Waals surface area contributed by atoms with Crippen molar-refractivity contribution in [3.8, 4) is 0 Å². The number of carbonyl (C=O) groups is 1. The van der Waals surface area contributed by atoms with E-state index in [1.807, 2.05) is 6.07 Å². The van der Waals surface area contributed by atoms with Crippen LogP contribution in [0.15, 0.2) is 24.3 Å². The third-order valence-electron chi connectivity index (χ3n) is 2.15. The molecule has 0 spiro atoms. The third kappa shape index (κ3) is 3.72. The van der Waals surface area contributed by atoms with Gasteiger partial charge >= 0.3 is 5.97 Å². The molecule has 0 amide bonds. The van der Waals surface area contributed by atoms with Crippen LogP contribution < -0.4 is 0 Å². The van der Waals surface area contributed by atoms with Crippen LogP contribution in [0.2, 0.25) is 0 Å². The van der Waals surface area contributed by atoms with Gasteiger partial charge in [0, 0.05) is 6.61 Å². The van der Waals surface area contributed by atoms with E-state index in [4.69, 9.17) is 9.84 Å². The molecule has 0 fully saturated rings. The van der Waals surface area contributed by atoms with E-state index in [2.05, 4.69) is 6.92 Å². The second kappa shape index (κ2) is 6.19. The van der Waals surface area contributed by atoms with Crippen molar-refractivity contribution in [2.75, 3.05) is 6.61 Å². The predicted molar refractivity (Wildman–Crippen MR) is 58.0 cm³/mol. The molecular formula is C12H16O3. The molecule has 1 N–H and O–H groups in total. The van der Waals surface area contributed by atoms with E-state index in [0.717, 1.165) is 18.4 Å². The van der Waals surface area contributed by atoms with E-state index in [-0.39, 0.29) is 0 Å². The number of carboxylic acids is 1. The molecule has 82 valence electrons. The molecule has 0 heterocycles. The van der Waals surface area contributed by atoms with Gasteiger partial charge in [-0.2, -0.15) is 0 Å². The molecule has 0 bridgehead atoms. The van der Waals surface area contributed by atoms with Crippen molar-refractivity contribution in [2.24, 2.45) is 0 Å². The Kier molecular flexibility index (Phi) is 4.84. The van der Waals surface area contributed by atoms with Gasteiger partial charge in [-0.3, -0.25) is 0 Å². The van der Waals surface area contributed by atoms with Crippen LogP contribution in [-0.2, 0) is 11.3 Å². The van der Waals surface area contributed by atoms with Crippen molar-refractivity contribution in [1.29, 1.82) is 0 Å². The highest BCUT2D eigenvalue weighted by Crippen LogP contribution is 2.10. The zero-order valence-electron chi connectivity index (χ0n) is 8.90. The van der Waals surface area contributed by atoms with E-state index in [9.17, 15) is 4.79 Å². The summed E-state index contributed by atoms with van der Waals surface area (Å²) in [5.41, 5.74) is 1.06. The summed E-state index contributed by atoms with van der Waals surface area (Å²) < 4.78 is 5.39. The molecule has 1 rings (SSSR count). The average molecular weight is 208 g/mol. The molecule has 0 unspecified atom stereocenters. The Morgan fingerprint density at radius 3 is 2.80 bits per heavy atom. The number of benzene rings is 1. The van der Waals surface area contributed by atoms with Crippen LogP contribution in [0.3, 0.4) is 0 Å². The first-order valence-electron chi connectivity index (χ1n) is 5.14. The quantitative estimate of drug-likeness (QED) is 0.731. The molecule has 3 heteroatoms. The first-order valence-corrected chi connectivity index (χ1v) is 5.14. The fourth-order valence-electron chi connectivity index (χ4n) is 1.28. The lowest BCUT2D eigenvalue weighted by Gasteiger charge is -2.06. The number of hydrogen-bond donors (Lipinski definition) is 1.